The fourth-order valence-electron chi connectivity index (χ4n) is 4.84. The number of carbonyl (C=O) groups excluding carboxylic acids is 1. The van der Waals surface area contributed by atoms with Crippen LogP contribution in [0, 0.1) is 10.1 Å². The molecule has 0 aromatic heterocycles. The van der Waals surface area contributed by atoms with Gasteiger partial charge in [-0.1, -0.05) is 18.2 Å². The van der Waals surface area contributed by atoms with Crippen molar-refractivity contribution in [2.75, 3.05) is 32.6 Å². The van der Waals surface area contributed by atoms with Crippen LogP contribution in [0.15, 0.2) is 40.9 Å². The molecule has 2 heterocycles. The average molecular weight is 476 g/mol. The van der Waals surface area contributed by atoms with Gasteiger partial charge in [-0.05, 0) is 53.7 Å². The lowest BCUT2D eigenvalue weighted by molar-refractivity contribution is -0.534. The number of halogens is 1. The number of fused-ring (bicyclic) bond motifs is 2. The Labute approximate surface area is 182 Å². The molecule has 9 heteroatoms. The second-order valence-electron chi connectivity index (χ2n) is 7.45. The summed E-state index contributed by atoms with van der Waals surface area (Å²) in [5.41, 5.74) is 0.601. The van der Waals surface area contributed by atoms with Crippen molar-refractivity contribution in [3.8, 4) is 11.5 Å². The van der Waals surface area contributed by atoms with Gasteiger partial charge >= 0.3 is 0 Å². The molecule has 0 unspecified atom stereocenters. The minimum absolute atomic E-state index is 0.325. The second-order valence-corrected chi connectivity index (χ2v) is 8.30. The molecule has 1 spiro atoms. The minimum atomic E-state index is -1.37. The van der Waals surface area contributed by atoms with Crippen LogP contribution >= 0.6 is 15.9 Å². The minimum Gasteiger partial charge on any atom is -0.492 e. The number of nitrogens with zero attached hydrogens (tertiary/aromatic N) is 2. The summed E-state index contributed by atoms with van der Waals surface area (Å²) >= 11 is 3.49. The van der Waals surface area contributed by atoms with Crippen LogP contribution in [0.25, 0.3) is 0 Å². The number of benzene rings is 2. The third kappa shape index (κ3) is 2.79. The SMILES string of the molecule is CCOc1cc([C@@H]2CN(C)[C@]3(C(=O)Nc4ccccc43)[C@@H]2[N+](=O)[O-])cc(Br)c1OC. The summed E-state index contributed by atoms with van der Waals surface area (Å²) in [4.78, 5) is 27.1. The Kier molecular flexibility index (Phi) is 5.19. The summed E-state index contributed by atoms with van der Waals surface area (Å²) in [6.45, 7) is 2.63. The lowest BCUT2D eigenvalue weighted by Crippen LogP contribution is -2.54. The molecular weight excluding hydrogens is 454 g/mol. The first-order chi connectivity index (χ1) is 14.4. The fraction of sp³-hybridized carbons (Fsp3) is 0.381. The van der Waals surface area contributed by atoms with E-state index >= 15 is 0 Å². The van der Waals surface area contributed by atoms with Crippen LogP contribution in [0.1, 0.15) is 24.0 Å². The van der Waals surface area contributed by atoms with Gasteiger partial charge in [-0.3, -0.25) is 19.8 Å². The van der Waals surface area contributed by atoms with Crippen LogP contribution in [-0.2, 0) is 10.3 Å². The molecule has 2 aromatic rings. The highest BCUT2D eigenvalue weighted by atomic mass is 79.9. The number of para-hydroxylation sites is 1. The zero-order valence-corrected chi connectivity index (χ0v) is 18.4. The summed E-state index contributed by atoms with van der Waals surface area (Å²) in [6.07, 6.45) is 0. The highest BCUT2D eigenvalue weighted by molar-refractivity contribution is 9.10. The third-order valence-electron chi connectivity index (χ3n) is 6.00. The van der Waals surface area contributed by atoms with E-state index in [4.69, 9.17) is 9.47 Å². The smallest absolute Gasteiger partial charge is 0.256 e. The maximum absolute atomic E-state index is 13.2. The lowest BCUT2D eigenvalue weighted by Gasteiger charge is -2.30. The first kappa shape index (κ1) is 20.6. The number of likely N-dealkylation sites (N-methyl/N-ethyl adjacent to an activating group) is 1. The molecule has 3 atom stereocenters. The largest absolute Gasteiger partial charge is 0.492 e. The summed E-state index contributed by atoms with van der Waals surface area (Å²) in [5, 5.41) is 15.2. The Morgan fingerprint density at radius 1 is 1.37 bits per heavy atom. The predicted molar refractivity (Wildman–Crippen MR) is 115 cm³/mol. The molecule has 2 aliphatic rings. The highest BCUT2D eigenvalue weighted by Crippen LogP contribution is 2.53. The molecule has 0 saturated carbocycles. The number of amides is 1. The van der Waals surface area contributed by atoms with Gasteiger partial charge in [0.05, 0.1) is 24.1 Å². The molecular formula is C21H22BrN3O5. The molecule has 4 rings (SSSR count). The van der Waals surface area contributed by atoms with Crippen molar-refractivity contribution in [2.24, 2.45) is 0 Å². The number of hydrogen-bond acceptors (Lipinski definition) is 6. The van der Waals surface area contributed by atoms with E-state index < -0.39 is 17.5 Å². The fourth-order valence-corrected chi connectivity index (χ4v) is 5.46. The molecule has 1 fully saturated rings. The Morgan fingerprint density at radius 3 is 2.77 bits per heavy atom. The number of anilines is 1. The van der Waals surface area contributed by atoms with Crippen molar-refractivity contribution in [2.45, 2.75) is 24.4 Å². The number of ether oxygens (including phenoxy) is 2. The Hall–Kier alpha value is -2.65. The van der Waals surface area contributed by atoms with E-state index in [1.54, 1.807) is 49.4 Å². The van der Waals surface area contributed by atoms with Gasteiger partial charge in [-0.15, -0.1) is 0 Å². The first-order valence-electron chi connectivity index (χ1n) is 9.62. The van der Waals surface area contributed by atoms with Gasteiger partial charge in [-0.25, -0.2) is 0 Å². The molecule has 8 nitrogen and oxygen atoms in total. The summed E-state index contributed by atoms with van der Waals surface area (Å²) < 4.78 is 11.8. The lowest BCUT2D eigenvalue weighted by atomic mass is 9.79. The van der Waals surface area contributed by atoms with Crippen LogP contribution in [-0.4, -0.2) is 49.1 Å². The number of carbonyl (C=O) groups is 1. The van der Waals surface area contributed by atoms with Crippen molar-refractivity contribution >= 4 is 27.5 Å². The average Bonchev–Trinajstić information content (AvgIpc) is 3.18. The summed E-state index contributed by atoms with van der Waals surface area (Å²) in [6, 6.07) is 9.60. The van der Waals surface area contributed by atoms with Crippen molar-refractivity contribution in [3.63, 3.8) is 0 Å². The maximum Gasteiger partial charge on any atom is 0.256 e. The number of rotatable bonds is 5. The topological polar surface area (TPSA) is 93.9 Å². The zero-order valence-electron chi connectivity index (χ0n) is 16.8. The molecule has 30 heavy (non-hydrogen) atoms. The Balaban J connectivity index is 1.88. The van der Waals surface area contributed by atoms with E-state index in [-0.39, 0.29) is 10.8 Å². The van der Waals surface area contributed by atoms with Gasteiger partial charge in [0.1, 0.15) is 0 Å². The highest BCUT2D eigenvalue weighted by Gasteiger charge is 2.68. The molecule has 0 bridgehead atoms. The summed E-state index contributed by atoms with van der Waals surface area (Å²) in [5.74, 6) is 0.144. The maximum atomic E-state index is 13.2. The van der Waals surface area contributed by atoms with Gasteiger partial charge in [0.25, 0.3) is 11.9 Å². The van der Waals surface area contributed by atoms with Crippen LogP contribution < -0.4 is 14.8 Å². The van der Waals surface area contributed by atoms with E-state index in [0.717, 1.165) is 0 Å². The van der Waals surface area contributed by atoms with Crippen molar-refractivity contribution in [1.82, 2.24) is 4.90 Å². The van der Waals surface area contributed by atoms with E-state index in [1.165, 1.54) is 0 Å². The van der Waals surface area contributed by atoms with Gasteiger partial charge in [0.2, 0.25) is 0 Å². The van der Waals surface area contributed by atoms with Gasteiger partial charge in [0.15, 0.2) is 17.0 Å². The van der Waals surface area contributed by atoms with Crippen LogP contribution in [0.4, 0.5) is 5.69 Å². The molecule has 1 saturated heterocycles. The number of likely N-dealkylation sites (tertiary alicyclic amines) is 1. The number of methoxy groups -OCH3 is 1. The number of nitrogens with one attached hydrogen (secondary N) is 1. The van der Waals surface area contributed by atoms with E-state index in [1.807, 2.05) is 13.0 Å². The molecule has 2 aliphatic heterocycles. The van der Waals surface area contributed by atoms with Gasteiger partial charge in [0, 0.05) is 22.7 Å². The Bertz CT molecular complexity index is 1030. The zero-order chi connectivity index (χ0) is 21.6. The van der Waals surface area contributed by atoms with Crippen LogP contribution in [0.2, 0.25) is 0 Å². The van der Waals surface area contributed by atoms with Crippen molar-refractivity contribution in [3.05, 3.63) is 62.1 Å². The van der Waals surface area contributed by atoms with Crippen molar-refractivity contribution < 1.29 is 19.2 Å². The van der Waals surface area contributed by atoms with Crippen molar-refractivity contribution in [1.29, 1.82) is 0 Å². The third-order valence-corrected chi connectivity index (χ3v) is 6.59. The van der Waals surface area contributed by atoms with Crippen LogP contribution in [0.3, 0.4) is 0 Å². The monoisotopic (exact) mass is 475 g/mol. The number of nitro groups is 1. The quantitative estimate of drug-likeness (QED) is 0.526. The molecule has 0 radical (unpaired) electrons. The molecule has 2 aromatic carbocycles. The number of hydrogen-bond donors (Lipinski definition) is 1. The second kappa shape index (κ2) is 7.55. The van der Waals surface area contributed by atoms with E-state index in [2.05, 4.69) is 21.2 Å². The molecule has 0 aliphatic carbocycles. The molecule has 1 N–H and O–H groups in total. The standard InChI is InChI=1S/C21H22BrN3O5/c1-4-30-17-10-12(9-15(22)18(17)29-3)13-11-24(2)21(19(13)25(27)28)14-7-5-6-8-16(14)23-20(21)26/h5-10,13,19H,4,11H2,1-3H3,(H,23,26)/t13-,19+,21-/m0/s1. The normalized spacial score (nSPS) is 25.3. The predicted octanol–water partition coefficient (Wildman–Crippen LogP) is 3.38. The molecule has 1 amide bonds. The van der Waals surface area contributed by atoms with Gasteiger partial charge in [-0.2, -0.15) is 0 Å². The van der Waals surface area contributed by atoms with E-state index in [0.29, 0.717) is 45.9 Å². The summed E-state index contributed by atoms with van der Waals surface area (Å²) in [7, 11) is 3.31. The molecule has 158 valence electrons. The van der Waals surface area contributed by atoms with Crippen LogP contribution in [0.5, 0.6) is 11.5 Å². The van der Waals surface area contributed by atoms with Gasteiger partial charge < -0.3 is 14.8 Å². The Morgan fingerprint density at radius 2 is 2.10 bits per heavy atom. The van der Waals surface area contributed by atoms with E-state index in [9.17, 15) is 14.9 Å². The first-order valence-corrected chi connectivity index (χ1v) is 10.4.